The predicted octanol–water partition coefficient (Wildman–Crippen LogP) is 1.40. The molecule has 2 nitrogen and oxygen atoms in total. The van der Waals surface area contributed by atoms with E-state index in [0.717, 1.165) is 0 Å². The standard InChI is InChI=1S/C5H9N2Si/c1-8(2,3,4-6)5-7/h1-3H3/q-1. The van der Waals surface area contributed by atoms with Crippen molar-refractivity contribution in [3.63, 3.8) is 0 Å². The molecular formula is C5H9N2Si-. The van der Waals surface area contributed by atoms with Crippen molar-refractivity contribution in [1.82, 2.24) is 0 Å². The molecule has 0 unspecified atom stereocenters. The summed E-state index contributed by atoms with van der Waals surface area (Å²) in [4.78, 5) is 0. The first kappa shape index (κ1) is 7.20. The van der Waals surface area contributed by atoms with Crippen molar-refractivity contribution in [2.45, 2.75) is 19.6 Å². The van der Waals surface area contributed by atoms with Crippen LogP contribution in [0.4, 0.5) is 0 Å². The Kier molecular flexibility index (Phi) is 1.20. The van der Waals surface area contributed by atoms with Crippen molar-refractivity contribution < 1.29 is 0 Å². The van der Waals surface area contributed by atoms with E-state index < -0.39 is 7.35 Å². The monoisotopic (exact) mass is 125 g/mol. The van der Waals surface area contributed by atoms with E-state index in [-0.39, 0.29) is 0 Å². The Bertz CT molecular complexity index is 155. The fourth-order valence-electron chi connectivity index (χ4n) is 0.0250. The molecule has 0 aromatic rings. The molecule has 0 bridgehead atoms. The summed E-state index contributed by atoms with van der Waals surface area (Å²) in [6.45, 7) is 5.25. The predicted molar refractivity (Wildman–Crippen MR) is 34.6 cm³/mol. The minimum absolute atomic E-state index is 1.75. The summed E-state index contributed by atoms with van der Waals surface area (Å²) >= 11 is 0. The third kappa shape index (κ3) is 1.77. The molecular weight excluding hydrogens is 116 g/mol. The van der Waals surface area contributed by atoms with Gasteiger partial charge in [0.15, 0.2) is 0 Å². The molecule has 0 heterocycles. The summed E-state index contributed by atoms with van der Waals surface area (Å²) in [7, 11) is -2.71. The topological polar surface area (TPSA) is 47.6 Å². The second-order valence-corrected chi connectivity index (χ2v) is 10.0. The summed E-state index contributed by atoms with van der Waals surface area (Å²) in [5, 5.41) is 16.9. The van der Waals surface area contributed by atoms with E-state index in [2.05, 4.69) is 11.4 Å². The Morgan fingerprint density at radius 1 is 1.00 bits per heavy atom. The van der Waals surface area contributed by atoms with Gasteiger partial charge in [0.25, 0.3) is 0 Å². The van der Waals surface area contributed by atoms with Gasteiger partial charge >= 0.3 is 48.9 Å². The van der Waals surface area contributed by atoms with E-state index >= 15 is 0 Å². The van der Waals surface area contributed by atoms with Crippen LogP contribution in [0.15, 0.2) is 0 Å². The van der Waals surface area contributed by atoms with Gasteiger partial charge in [-0.2, -0.15) is 0 Å². The van der Waals surface area contributed by atoms with Crippen LogP contribution in [-0.4, -0.2) is 7.35 Å². The Morgan fingerprint density at radius 2 is 1.25 bits per heavy atom. The average Bonchev–Trinajstić information content (AvgIpc) is 1.68. The van der Waals surface area contributed by atoms with Crippen molar-refractivity contribution in [3.05, 3.63) is 0 Å². The van der Waals surface area contributed by atoms with Gasteiger partial charge in [0.05, 0.1) is 0 Å². The first-order valence-corrected chi connectivity index (χ1v) is 6.45. The fraction of sp³-hybridized carbons (Fsp3) is 0.600. The van der Waals surface area contributed by atoms with Crippen molar-refractivity contribution in [3.8, 4) is 11.4 Å². The zero-order valence-corrected chi connectivity index (χ0v) is 6.39. The van der Waals surface area contributed by atoms with Gasteiger partial charge in [-0.15, -0.1) is 0 Å². The maximum atomic E-state index is 8.45. The molecule has 0 rings (SSSR count). The summed E-state index contributed by atoms with van der Waals surface area (Å²) in [6, 6.07) is 0. The van der Waals surface area contributed by atoms with Crippen molar-refractivity contribution in [1.29, 1.82) is 10.5 Å². The molecule has 8 heavy (non-hydrogen) atoms. The van der Waals surface area contributed by atoms with Gasteiger partial charge in [0, 0.05) is 0 Å². The molecule has 3 heteroatoms. The molecule has 0 fully saturated rings. The van der Waals surface area contributed by atoms with Gasteiger partial charge in [-0.1, -0.05) is 0 Å². The molecule has 0 saturated heterocycles. The van der Waals surface area contributed by atoms with Gasteiger partial charge < -0.3 is 0 Å². The molecule has 0 saturated carbocycles. The molecule has 44 valence electrons. The number of rotatable bonds is 0. The number of nitriles is 2. The molecule has 0 aliphatic rings. The van der Waals surface area contributed by atoms with Gasteiger partial charge in [0.2, 0.25) is 0 Å². The van der Waals surface area contributed by atoms with E-state index in [4.69, 9.17) is 10.5 Å². The van der Waals surface area contributed by atoms with Crippen LogP contribution in [0, 0.1) is 21.9 Å². The van der Waals surface area contributed by atoms with E-state index in [9.17, 15) is 0 Å². The van der Waals surface area contributed by atoms with Gasteiger partial charge in [0.1, 0.15) is 0 Å². The van der Waals surface area contributed by atoms with Gasteiger partial charge in [-0.25, -0.2) is 0 Å². The zero-order valence-electron chi connectivity index (χ0n) is 5.39. The molecule has 0 amide bonds. The Labute approximate surface area is 49.8 Å². The second kappa shape index (κ2) is 1.33. The number of nitrogens with zero attached hydrogens (tertiary/aromatic N) is 2. The third-order valence-corrected chi connectivity index (χ3v) is 2.35. The number of hydrogen-bond donors (Lipinski definition) is 0. The summed E-state index contributed by atoms with van der Waals surface area (Å²) in [6.07, 6.45) is 0. The van der Waals surface area contributed by atoms with Crippen molar-refractivity contribution >= 4 is 7.35 Å². The molecule has 0 N–H and O–H groups in total. The average molecular weight is 125 g/mol. The van der Waals surface area contributed by atoms with E-state index in [0.29, 0.717) is 0 Å². The van der Waals surface area contributed by atoms with Crippen LogP contribution in [0.5, 0.6) is 0 Å². The molecule has 0 radical (unpaired) electrons. The van der Waals surface area contributed by atoms with Gasteiger partial charge in [-0.05, 0) is 0 Å². The van der Waals surface area contributed by atoms with Crippen LogP contribution in [0.2, 0.25) is 19.6 Å². The SMILES string of the molecule is C[Si-](C)(C)(C#N)C#N. The van der Waals surface area contributed by atoms with E-state index in [1.54, 1.807) is 19.6 Å². The Hall–Kier alpha value is -0.803. The molecule has 0 aliphatic carbocycles. The minimum atomic E-state index is -2.71. The molecule has 0 atom stereocenters. The molecule has 0 aromatic heterocycles. The quantitative estimate of drug-likeness (QED) is 0.459. The normalized spacial score (nSPS) is 14.9. The third-order valence-electron chi connectivity index (χ3n) is 0.783. The summed E-state index contributed by atoms with van der Waals surface area (Å²) in [5.74, 6) is 0. The first-order chi connectivity index (χ1) is 3.39. The zero-order chi connectivity index (χ0) is 6.86. The Balaban J connectivity index is 4.64. The molecule has 0 spiro atoms. The first-order valence-electron chi connectivity index (χ1n) is 2.45. The van der Waals surface area contributed by atoms with Crippen LogP contribution >= 0.6 is 0 Å². The van der Waals surface area contributed by atoms with Crippen LogP contribution in [0.3, 0.4) is 0 Å². The van der Waals surface area contributed by atoms with Crippen LogP contribution in [0.25, 0.3) is 0 Å². The molecule has 0 aromatic carbocycles. The van der Waals surface area contributed by atoms with Crippen LogP contribution in [-0.2, 0) is 0 Å². The van der Waals surface area contributed by atoms with Crippen molar-refractivity contribution in [2.24, 2.45) is 0 Å². The molecule has 0 aliphatic heterocycles. The van der Waals surface area contributed by atoms with Gasteiger partial charge in [-0.3, -0.25) is 0 Å². The number of hydrogen-bond acceptors (Lipinski definition) is 2. The summed E-state index contributed by atoms with van der Waals surface area (Å²) < 4.78 is 0. The fourth-order valence-corrected chi connectivity index (χ4v) is 0.0750. The van der Waals surface area contributed by atoms with Crippen LogP contribution < -0.4 is 0 Å². The van der Waals surface area contributed by atoms with Crippen molar-refractivity contribution in [2.75, 3.05) is 0 Å². The summed E-state index contributed by atoms with van der Waals surface area (Å²) in [5.41, 5.74) is 4.12. The maximum absolute atomic E-state index is 8.45. The van der Waals surface area contributed by atoms with Crippen LogP contribution in [0.1, 0.15) is 0 Å². The Morgan fingerprint density at radius 3 is 1.25 bits per heavy atom. The van der Waals surface area contributed by atoms with E-state index in [1.165, 1.54) is 0 Å². The van der Waals surface area contributed by atoms with E-state index in [1.807, 2.05) is 0 Å². The second-order valence-electron chi connectivity index (χ2n) is 3.35.